The zero-order valence-corrected chi connectivity index (χ0v) is 11.8. The number of carboxylic acid groups (broad SMARTS) is 1. The minimum atomic E-state index is -0.951. The van der Waals surface area contributed by atoms with E-state index in [0.29, 0.717) is 11.4 Å². The summed E-state index contributed by atoms with van der Waals surface area (Å²) in [4.78, 5) is 26.4. The number of aryl methyl sites for hydroxylation is 2. The molecule has 7 nitrogen and oxygen atoms in total. The Bertz CT molecular complexity index is 661. The van der Waals surface area contributed by atoms with Crippen molar-refractivity contribution in [3.63, 3.8) is 0 Å². The minimum absolute atomic E-state index is 0.0907. The molecule has 0 aromatic carbocycles. The van der Waals surface area contributed by atoms with Crippen molar-refractivity contribution in [2.45, 2.75) is 20.3 Å². The first-order valence-corrected chi connectivity index (χ1v) is 6.47. The first-order chi connectivity index (χ1) is 9.97. The number of nitrogens with zero attached hydrogens (tertiary/aromatic N) is 3. The second kappa shape index (κ2) is 6.17. The second-order valence-corrected chi connectivity index (χ2v) is 4.64. The normalized spacial score (nSPS) is 10.4. The second-order valence-electron chi connectivity index (χ2n) is 4.64. The van der Waals surface area contributed by atoms with Crippen LogP contribution >= 0.6 is 0 Å². The fourth-order valence-electron chi connectivity index (χ4n) is 1.89. The molecule has 1 amide bonds. The summed E-state index contributed by atoms with van der Waals surface area (Å²) in [6.07, 6.45) is 1.34. The van der Waals surface area contributed by atoms with Gasteiger partial charge in [0.15, 0.2) is 5.82 Å². The van der Waals surface area contributed by atoms with Crippen LogP contribution in [0.15, 0.2) is 24.4 Å². The molecule has 2 aromatic heterocycles. The van der Waals surface area contributed by atoms with Gasteiger partial charge in [-0.3, -0.25) is 9.59 Å². The van der Waals surface area contributed by atoms with Crippen molar-refractivity contribution in [1.29, 1.82) is 0 Å². The fraction of sp³-hybridized carbons (Fsp3) is 0.286. The van der Waals surface area contributed by atoms with Gasteiger partial charge in [0.25, 0.3) is 5.91 Å². The van der Waals surface area contributed by atoms with Crippen molar-refractivity contribution < 1.29 is 14.7 Å². The lowest BCUT2D eigenvalue weighted by molar-refractivity contribution is -0.136. The van der Waals surface area contributed by atoms with Gasteiger partial charge in [-0.05, 0) is 32.0 Å². The maximum absolute atomic E-state index is 11.8. The number of hydrogen-bond donors (Lipinski definition) is 2. The van der Waals surface area contributed by atoms with E-state index >= 15 is 0 Å². The third-order valence-corrected chi connectivity index (χ3v) is 2.86. The molecule has 2 aromatic rings. The molecular weight excluding hydrogens is 272 g/mol. The number of amides is 1. The summed E-state index contributed by atoms with van der Waals surface area (Å²) in [7, 11) is 0. The molecule has 21 heavy (non-hydrogen) atoms. The maximum Gasteiger partial charge on any atom is 0.305 e. The number of rotatable bonds is 5. The van der Waals surface area contributed by atoms with Crippen molar-refractivity contribution >= 4 is 11.9 Å². The molecule has 2 rings (SSSR count). The number of carbonyl (C=O) groups is 2. The molecule has 0 saturated heterocycles. The molecule has 0 fully saturated rings. The highest BCUT2D eigenvalue weighted by atomic mass is 16.4. The average Bonchev–Trinajstić information content (AvgIpc) is 2.77. The number of aliphatic carboxylic acids is 1. The van der Waals surface area contributed by atoms with Gasteiger partial charge < -0.3 is 10.4 Å². The van der Waals surface area contributed by atoms with Crippen LogP contribution in [0.5, 0.6) is 0 Å². The third-order valence-electron chi connectivity index (χ3n) is 2.86. The summed E-state index contributed by atoms with van der Waals surface area (Å²) in [5.74, 6) is -0.667. The van der Waals surface area contributed by atoms with Gasteiger partial charge in [-0.15, -0.1) is 0 Å². The van der Waals surface area contributed by atoms with Crippen LogP contribution in [-0.4, -0.2) is 38.3 Å². The molecule has 2 heterocycles. The molecule has 7 heteroatoms. The van der Waals surface area contributed by atoms with E-state index in [-0.39, 0.29) is 18.9 Å². The molecule has 2 N–H and O–H groups in total. The van der Waals surface area contributed by atoms with E-state index < -0.39 is 5.97 Å². The van der Waals surface area contributed by atoms with Crippen molar-refractivity contribution in [1.82, 2.24) is 20.1 Å². The summed E-state index contributed by atoms with van der Waals surface area (Å²) in [5.41, 5.74) is 2.23. The van der Waals surface area contributed by atoms with Crippen molar-refractivity contribution in [2.24, 2.45) is 0 Å². The van der Waals surface area contributed by atoms with Crippen molar-refractivity contribution in [3.8, 4) is 5.82 Å². The Balaban J connectivity index is 2.06. The van der Waals surface area contributed by atoms with Crippen LogP contribution in [0.25, 0.3) is 5.82 Å². The lowest BCUT2D eigenvalue weighted by Crippen LogP contribution is -2.26. The molecule has 0 aliphatic heterocycles. The van der Waals surface area contributed by atoms with Crippen LogP contribution in [0, 0.1) is 13.8 Å². The van der Waals surface area contributed by atoms with Crippen LogP contribution in [0.3, 0.4) is 0 Å². The number of nitrogens with one attached hydrogen (secondary N) is 1. The van der Waals surface area contributed by atoms with E-state index in [1.807, 2.05) is 19.9 Å². The first kappa shape index (κ1) is 14.7. The Morgan fingerprint density at radius 1 is 1.33 bits per heavy atom. The van der Waals surface area contributed by atoms with Gasteiger partial charge in [0.2, 0.25) is 0 Å². The third kappa shape index (κ3) is 3.65. The lowest BCUT2D eigenvalue weighted by atomic mass is 10.2. The van der Waals surface area contributed by atoms with E-state index in [1.54, 1.807) is 16.8 Å². The minimum Gasteiger partial charge on any atom is -0.481 e. The zero-order valence-electron chi connectivity index (χ0n) is 11.8. The molecule has 0 saturated carbocycles. The van der Waals surface area contributed by atoms with E-state index in [2.05, 4.69) is 15.4 Å². The SMILES string of the molecule is Cc1cc(C)n(-c2ccc(C(=O)NCCC(=O)O)cn2)n1. The van der Waals surface area contributed by atoms with Crippen LogP contribution < -0.4 is 5.32 Å². The molecule has 0 aliphatic rings. The number of aromatic nitrogens is 3. The van der Waals surface area contributed by atoms with Crippen LogP contribution in [-0.2, 0) is 4.79 Å². The number of carboxylic acids is 1. The highest BCUT2D eigenvalue weighted by Crippen LogP contribution is 2.10. The van der Waals surface area contributed by atoms with Crippen LogP contribution in [0.4, 0.5) is 0 Å². The predicted molar refractivity (Wildman–Crippen MR) is 75.4 cm³/mol. The van der Waals surface area contributed by atoms with Gasteiger partial charge in [-0.1, -0.05) is 0 Å². The quantitative estimate of drug-likeness (QED) is 0.858. The van der Waals surface area contributed by atoms with Gasteiger partial charge in [0, 0.05) is 18.4 Å². The molecule has 0 spiro atoms. The van der Waals surface area contributed by atoms with E-state index in [0.717, 1.165) is 11.4 Å². The standard InChI is InChI=1S/C14H16N4O3/c1-9-7-10(2)18(17-9)12-4-3-11(8-16-12)14(21)15-6-5-13(19)20/h3-4,7-8H,5-6H2,1-2H3,(H,15,21)(H,19,20). The Hall–Kier alpha value is -2.70. The van der Waals surface area contributed by atoms with Crippen molar-refractivity contribution in [3.05, 3.63) is 41.3 Å². The Morgan fingerprint density at radius 2 is 2.10 bits per heavy atom. The van der Waals surface area contributed by atoms with Crippen molar-refractivity contribution in [2.75, 3.05) is 6.54 Å². The fourth-order valence-corrected chi connectivity index (χ4v) is 1.89. The zero-order chi connectivity index (χ0) is 15.4. The smallest absolute Gasteiger partial charge is 0.305 e. The molecule has 0 atom stereocenters. The molecule has 0 radical (unpaired) electrons. The number of hydrogen-bond acceptors (Lipinski definition) is 4. The number of carbonyl (C=O) groups excluding carboxylic acids is 1. The van der Waals surface area contributed by atoms with Crippen LogP contribution in [0.1, 0.15) is 28.2 Å². The van der Waals surface area contributed by atoms with Gasteiger partial charge in [0.1, 0.15) is 0 Å². The maximum atomic E-state index is 11.8. The topological polar surface area (TPSA) is 97.1 Å². The lowest BCUT2D eigenvalue weighted by Gasteiger charge is -2.06. The largest absolute Gasteiger partial charge is 0.481 e. The number of pyridine rings is 1. The van der Waals surface area contributed by atoms with Gasteiger partial charge in [-0.25, -0.2) is 9.67 Å². The molecular formula is C14H16N4O3. The van der Waals surface area contributed by atoms with E-state index in [9.17, 15) is 9.59 Å². The Kier molecular flexibility index (Phi) is 4.32. The summed E-state index contributed by atoms with van der Waals surface area (Å²) < 4.78 is 1.70. The monoisotopic (exact) mass is 288 g/mol. The summed E-state index contributed by atoms with van der Waals surface area (Å²) in [6.45, 7) is 3.91. The summed E-state index contributed by atoms with van der Waals surface area (Å²) >= 11 is 0. The molecule has 110 valence electrons. The van der Waals surface area contributed by atoms with Gasteiger partial charge in [0.05, 0.1) is 17.7 Å². The Morgan fingerprint density at radius 3 is 2.62 bits per heavy atom. The van der Waals surface area contributed by atoms with E-state index in [4.69, 9.17) is 5.11 Å². The van der Waals surface area contributed by atoms with Gasteiger partial charge >= 0.3 is 5.97 Å². The summed E-state index contributed by atoms with van der Waals surface area (Å²) in [5, 5.41) is 15.3. The first-order valence-electron chi connectivity index (χ1n) is 6.47. The Labute approximate surface area is 121 Å². The molecule has 0 unspecified atom stereocenters. The molecule has 0 aliphatic carbocycles. The highest BCUT2D eigenvalue weighted by molar-refractivity contribution is 5.94. The summed E-state index contributed by atoms with van der Waals surface area (Å²) in [6, 6.07) is 5.27. The average molecular weight is 288 g/mol. The molecule has 0 bridgehead atoms. The highest BCUT2D eigenvalue weighted by Gasteiger charge is 2.09. The van der Waals surface area contributed by atoms with Crippen LogP contribution in [0.2, 0.25) is 0 Å². The predicted octanol–water partition coefficient (Wildman–Crippen LogP) is 1.09. The van der Waals surface area contributed by atoms with E-state index in [1.165, 1.54) is 6.20 Å². The van der Waals surface area contributed by atoms with Gasteiger partial charge in [-0.2, -0.15) is 5.10 Å².